The normalized spacial score (nSPS) is 14.1. The zero-order valence-electron chi connectivity index (χ0n) is 18.0. The Bertz CT molecular complexity index is 1280. The van der Waals surface area contributed by atoms with Crippen LogP contribution in [0.3, 0.4) is 0 Å². The van der Waals surface area contributed by atoms with E-state index < -0.39 is 0 Å². The number of nitrogens with zero attached hydrogens (tertiary/aromatic N) is 3. The van der Waals surface area contributed by atoms with Crippen LogP contribution in [-0.4, -0.2) is 42.0 Å². The van der Waals surface area contributed by atoms with Crippen molar-refractivity contribution in [3.63, 3.8) is 0 Å². The van der Waals surface area contributed by atoms with Crippen LogP contribution in [0.2, 0.25) is 0 Å². The molecule has 0 atom stereocenters. The van der Waals surface area contributed by atoms with Gasteiger partial charge >= 0.3 is 0 Å². The second-order valence-electron chi connectivity index (χ2n) is 8.17. The highest BCUT2D eigenvalue weighted by atomic mass is 19.1. The van der Waals surface area contributed by atoms with Gasteiger partial charge in [-0.2, -0.15) is 0 Å². The minimum absolute atomic E-state index is 0.00614. The zero-order chi connectivity index (χ0) is 22.1. The van der Waals surface area contributed by atoms with Crippen molar-refractivity contribution < 1.29 is 9.18 Å². The molecule has 0 saturated carbocycles. The zero-order valence-corrected chi connectivity index (χ0v) is 18.0. The fourth-order valence-electron chi connectivity index (χ4n) is 4.30. The summed E-state index contributed by atoms with van der Waals surface area (Å²) in [4.78, 5) is 22.3. The molecular weight excluding hydrogens is 401 g/mol. The highest BCUT2D eigenvalue weighted by Crippen LogP contribution is 2.27. The van der Waals surface area contributed by atoms with Crippen LogP contribution in [0.15, 0.2) is 78.9 Å². The quantitative estimate of drug-likeness (QED) is 0.446. The first-order valence-corrected chi connectivity index (χ1v) is 10.9. The number of halogens is 1. The van der Waals surface area contributed by atoms with E-state index in [1.165, 1.54) is 6.07 Å². The van der Waals surface area contributed by atoms with Gasteiger partial charge in [-0.05, 0) is 37.3 Å². The number of pyridine rings is 1. The maximum absolute atomic E-state index is 14.2. The molecule has 5 rings (SSSR count). The molecule has 3 aromatic carbocycles. The Balaban J connectivity index is 1.47. The number of aryl methyl sites for hydroxylation is 1. The summed E-state index contributed by atoms with van der Waals surface area (Å²) in [6, 6.07) is 24.6. The average Bonchev–Trinajstić information content (AvgIpc) is 2.84. The van der Waals surface area contributed by atoms with Crippen molar-refractivity contribution in [2.45, 2.75) is 6.92 Å². The SMILES string of the molecule is Cc1ccc2nc(-c3ccccc3)cc(C(=O)N3CCN(c4ccccc4F)CC3)c2c1. The van der Waals surface area contributed by atoms with Crippen LogP contribution in [0.5, 0.6) is 0 Å². The van der Waals surface area contributed by atoms with Crippen LogP contribution in [0.25, 0.3) is 22.2 Å². The molecule has 2 heterocycles. The summed E-state index contributed by atoms with van der Waals surface area (Å²) in [6.07, 6.45) is 0. The van der Waals surface area contributed by atoms with E-state index >= 15 is 0 Å². The summed E-state index contributed by atoms with van der Waals surface area (Å²) >= 11 is 0. The lowest BCUT2D eigenvalue weighted by molar-refractivity contribution is 0.0748. The molecule has 1 aliphatic rings. The Morgan fingerprint density at radius 1 is 0.875 bits per heavy atom. The molecule has 1 aliphatic heterocycles. The number of carbonyl (C=O) groups excluding carboxylic acids is 1. The van der Waals surface area contributed by atoms with Crippen molar-refractivity contribution in [2.75, 3.05) is 31.1 Å². The van der Waals surface area contributed by atoms with Crippen molar-refractivity contribution in [3.05, 3.63) is 95.8 Å². The molecule has 1 aromatic heterocycles. The second-order valence-corrected chi connectivity index (χ2v) is 8.17. The van der Waals surface area contributed by atoms with Crippen LogP contribution >= 0.6 is 0 Å². The molecule has 0 spiro atoms. The lowest BCUT2D eigenvalue weighted by Gasteiger charge is -2.36. The molecule has 4 nitrogen and oxygen atoms in total. The monoisotopic (exact) mass is 425 g/mol. The lowest BCUT2D eigenvalue weighted by atomic mass is 10.0. The number of rotatable bonds is 3. The Morgan fingerprint density at radius 2 is 1.59 bits per heavy atom. The van der Waals surface area contributed by atoms with Gasteiger partial charge < -0.3 is 9.80 Å². The third-order valence-electron chi connectivity index (χ3n) is 6.02. The van der Waals surface area contributed by atoms with E-state index in [0.717, 1.165) is 27.7 Å². The fraction of sp³-hybridized carbons (Fsp3) is 0.185. The first-order valence-electron chi connectivity index (χ1n) is 10.9. The van der Waals surface area contributed by atoms with E-state index in [4.69, 9.17) is 4.98 Å². The molecule has 32 heavy (non-hydrogen) atoms. The molecule has 1 saturated heterocycles. The lowest BCUT2D eigenvalue weighted by Crippen LogP contribution is -2.49. The molecule has 0 bridgehead atoms. The van der Waals surface area contributed by atoms with Gasteiger partial charge in [0.15, 0.2) is 0 Å². The van der Waals surface area contributed by atoms with E-state index in [1.807, 2.05) is 77.4 Å². The Morgan fingerprint density at radius 3 is 2.34 bits per heavy atom. The molecular formula is C27H24FN3O. The number of hydrogen-bond donors (Lipinski definition) is 0. The van der Waals surface area contributed by atoms with Crippen molar-refractivity contribution in [1.82, 2.24) is 9.88 Å². The second kappa shape index (κ2) is 8.42. The Kier molecular flexibility index (Phi) is 5.31. The highest BCUT2D eigenvalue weighted by molar-refractivity contribution is 6.07. The molecule has 0 N–H and O–H groups in total. The number of anilines is 1. The van der Waals surface area contributed by atoms with Crippen LogP contribution < -0.4 is 4.90 Å². The molecule has 0 aliphatic carbocycles. The van der Waals surface area contributed by atoms with Gasteiger partial charge in [0.2, 0.25) is 0 Å². The van der Waals surface area contributed by atoms with Gasteiger partial charge in [-0.1, -0.05) is 54.1 Å². The molecule has 1 amide bonds. The number of benzene rings is 3. The summed E-state index contributed by atoms with van der Waals surface area (Å²) < 4.78 is 14.2. The van der Waals surface area contributed by atoms with Gasteiger partial charge in [-0.15, -0.1) is 0 Å². The maximum atomic E-state index is 14.2. The summed E-state index contributed by atoms with van der Waals surface area (Å²) in [5, 5.41) is 0.867. The number of fused-ring (bicyclic) bond motifs is 1. The van der Waals surface area contributed by atoms with Crippen LogP contribution in [0.1, 0.15) is 15.9 Å². The third-order valence-corrected chi connectivity index (χ3v) is 6.02. The minimum atomic E-state index is -0.226. The predicted octanol–water partition coefficient (Wildman–Crippen LogP) is 5.31. The smallest absolute Gasteiger partial charge is 0.254 e. The number of amides is 1. The van der Waals surface area contributed by atoms with Gasteiger partial charge in [-0.3, -0.25) is 4.79 Å². The number of carbonyl (C=O) groups is 1. The van der Waals surface area contributed by atoms with E-state index in [9.17, 15) is 9.18 Å². The Hall–Kier alpha value is -3.73. The standard InChI is InChI=1S/C27H24FN3O/c1-19-11-12-24-21(17-19)22(18-25(29-24)20-7-3-2-4-8-20)27(32)31-15-13-30(14-16-31)26-10-6-5-9-23(26)28/h2-12,17-18H,13-16H2,1H3. The van der Waals surface area contributed by atoms with Crippen LogP contribution in [-0.2, 0) is 0 Å². The molecule has 0 radical (unpaired) electrons. The van der Waals surface area contributed by atoms with Crippen molar-refractivity contribution in [2.24, 2.45) is 0 Å². The number of para-hydroxylation sites is 1. The van der Waals surface area contributed by atoms with E-state index in [-0.39, 0.29) is 11.7 Å². The average molecular weight is 426 g/mol. The van der Waals surface area contributed by atoms with Crippen molar-refractivity contribution in [3.8, 4) is 11.3 Å². The molecule has 160 valence electrons. The summed E-state index contributed by atoms with van der Waals surface area (Å²) in [7, 11) is 0. The van der Waals surface area contributed by atoms with Gasteiger partial charge in [0.1, 0.15) is 5.82 Å². The van der Waals surface area contributed by atoms with Crippen LogP contribution in [0.4, 0.5) is 10.1 Å². The van der Waals surface area contributed by atoms with Gasteiger partial charge in [-0.25, -0.2) is 9.37 Å². The largest absolute Gasteiger partial charge is 0.366 e. The first-order chi connectivity index (χ1) is 15.6. The third kappa shape index (κ3) is 3.82. The van der Waals surface area contributed by atoms with E-state index in [2.05, 4.69) is 0 Å². The minimum Gasteiger partial charge on any atom is -0.366 e. The van der Waals surface area contributed by atoms with Crippen molar-refractivity contribution >= 4 is 22.5 Å². The number of hydrogen-bond acceptors (Lipinski definition) is 3. The topological polar surface area (TPSA) is 36.4 Å². The van der Waals surface area contributed by atoms with Gasteiger partial charge in [0, 0.05) is 37.1 Å². The fourth-order valence-corrected chi connectivity index (χ4v) is 4.30. The Labute approximate surface area is 186 Å². The van der Waals surface area contributed by atoms with E-state index in [0.29, 0.717) is 37.4 Å². The van der Waals surface area contributed by atoms with Gasteiger partial charge in [0.05, 0.1) is 22.5 Å². The summed E-state index contributed by atoms with van der Waals surface area (Å²) in [5.74, 6) is -0.233. The molecule has 4 aromatic rings. The van der Waals surface area contributed by atoms with Gasteiger partial charge in [0.25, 0.3) is 5.91 Å². The number of piperazine rings is 1. The summed E-state index contributed by atoms with van der Waals surface area (Å²) in [6.45, 7) is 4.30. The maximum Gasteiger partial charge on any atom is 0.254 e. The first kappa shape index (κ1) is 20.2. The molecule has 1 fully saturated rings. The summed E-state index contributed by atoms with van der Waals surface area (Å²) in [5.41, 5.74) is 4.92. The molecule has 5 heteroatoms. The van der Waals surface area contributed by atoms with E-state index in [1.54, 1.807) is 12.1 Å². The highest BCUT2D eigenvalue weighted by Gasteiger charge is 2.25. The van der Waals surface area contributed by atoms with Crippen molar-refractivity contribution in [1.29, 1.82) is 0 Å². The molecule has 0 unspecified atom stereocenters. The predicted molar refractivity (Wildman–Crippen MR) is 126 cm³/mol. The van der Waals surface area contributed by atoms with Crippen LogP contribution in [0, 0.1) is 12.7 Å². The number of aromatic nitrogens is 1.